The summed E-state index contributed by atoms with van der Waals surface area (Å²) in [4.78, 5) is 11.3. The lowest BCUT2D eigenvalue weighted by atomic mass is 10.2. The number of rotatable bonds is 3. The number of hydrogen-bond donors (Lipinski definition) is 2. The fourth-order valence-corrected chi connectivity index (χ4v) is 2.16. The Morgan fingerprint density at radius 1 is 1.38 bits per heavy atom. The smallest absolute Gasteiger partial charge is 0.264 e. The van der Waals surface area contributed by atoms with Crippen molar-refractivity contribution in [1.29, 1.82) is 0 Å². The molecule has 3 N–H and O–H groups in total. The van der Waals surface area contributed by atoms with E-state index >= 15 is 0 Å². The van der Waals surface area contributed by atoms with E-state index in [4.69, 9.17) is 5.73 Å². The number of hydrogen-bond acceptors (Lipinski definition) is 4. The van der Waals surface area contributed by atoms with Gasteiger partial charge in [0.1, 0.15) is 0 Å². The van der Waals surface area contributed by atoms with E-state index < -0.39 is 21.8 Å². The highest BCUT2D eigenvalue weighted by molar-refractivity contribution is 7.90. The van der Waals surface area contributed by atoms with E-state index in [9.17, 15) is 13.2 Å². The Morgan fingerprint density at radius 2 is 2.00 bits per heavy atom. The van der Waals surface area contributed by atoms with Crippen LogP contribution in [-0.2, 0) is 14.8 Å². The highest BCUT2D eigenvalue weighted by Crippen LogP contribution is 2.12. The first kappa shape index (κ1) is 12.5. The van der Waals surface area contributed by atoms with Crippen molar-refractivity contribution >= 4 is 21.6 Å². The molecule has 0 aliphatic carbocycles. The third-order valence-electron chi connectivity index (χ3n) is 1.93. The zero-order valence-electron chi connectivity index (χ0n) is 9.10. The molecule has 0 bridgehead atoms. The van der Waals surface area contributed by atoms with E-state index in [-0.39, 0.29) is 4.90 Å². The number of benzene rings is 1. The van der Waals surface area contributed by atoms with Gasteiger partial charge < -0.3 is 5.73 Å². The molecule has 0 spiro atoms. The number of anilines is 1. The molecule has 1 rings (SSSR count). The topological polar surface area (TPSA) is 89.3 Å². The Bertz CT molecular complexity index is 495. The SMILES string of the molecule is CC(C)C(=O)NS(=O)(=O)c1cccc(N)c1. The van der Waals surface area contributed by atoms with Crippen LogP contribution in [0.5, 0.6) is 0 Å². The van der Waals surface area contributed by atoms with Gasteiger partial charge in [0.15, 0.2) is 0 Å². The number of nitrogen functional groups attached to an aromatic ring is 1. The Labute approximate surface area is 94.7 Å². The standard InChI is InChI=1S/C10H14N2O3S/c1-7(2)10(13)12-16(14,15)9-5-3-4-8(11)6-9/h3-7H,11H2,1-2H3,(H,12,13). The molecule has 5 nitrogen and oxygen atoms in total. The van der Waals surface area contributed by atoms with E-state index in [1.165, 1.54) is 18.2 Å². The van der Waals surface area contributed by atoms with E-state index in [2.05, 4.69) is 0 Å². The van der Waals surface area contributed by atoms with Gasteiger partial charge in [-0.15, -0.1) is 0 Å². The lowest BCUT2D eigenvalue weighted by molar-refractivity contribution is -0.122. The zero-order chi connectivity index (χ0) is 12.3. The van der Waals surface area contributed by atoms with Crippen molar-refractivity contribution in [2.75, 3.05) is 5.73 Å². The van der Waals surface area contributed by atoms with Crippen LogP contribution in [0, 0.1) is 5.92 Å². The van der Waals surface area contributed by atoms with Crippen molar-refractivity contribution in [1.82, 2.24) is 4.72 Å². The van der Waals surface area contributed by atoms with Crippen LogP contribution in [0.4, 0.5) is 5.69 Å². The van der Waals surface area contributed by atoms with Gasteiger partial charge in [-0.1, -0.05) is 19.9 Å². The molecular formula is C10H14N2O3S. The van der Waals surface area contributed by atoms with Crippen LogP contribution in [0.3, 0.4) is 0 Å². The summed E-state index contributed by atoms with van der Waals surface area (Å²) in [5, 5.41) is 0. The number of nitrogens with two attached hydrogens (primary N) is 1. The van der Waals surface area contributed by atoms with Crippen molar-refractivity contribution < 1.29 is 13.2 Å². The normalized spacial score (nSPS) is 11.4. The van der Waals surface area contributed by atoms with Crippen molar-refractivity contribution in [3.05, 3.63) is 24.3 Å². The molecule has 16 heavy (non-hydrogen) atoms. The van der Waals surface area contributed by atoms with Gasteiger partial charge in [-0.05, 0) is 18.2 Å². The molecule has 0 saturated carbocycles. The van der Waals surface area contributed by atoms with Crippen molar-refractivity contribution in [2.45, 2.75) is 18.7 Å². The van der Waals surface area contributed by atoms with Gasteiger partial charge in [-0.25, -0.2) is 13.1 Å². The summed E-state index contributed by atoms with van der Waals surface area (Å²) in [7, 11) is -3.81. The third kappa shape index (κ3) is 2.96. The maximum Gasteiger partial charge on any atom is 0.264 e. The van der Waals surface area contributed by atoms with Crippen LogP contribution in [0.2, 0.25) is 0 Å². The van der Waals surface area contributed by atoms with Crippen LogP contribution in [0.1, 0.15) is 13.8 Å². The van der Waals surface area contributed by atoms with Gasteiger partial charge in [0.25, 0.3) is 10.0 Å². The Kier molecular flexibility index (Phi) is 3.54. The van der Waals surface area contributed by atoms with Crippen LogP contribution < -0.4 is 10.5 Å². The average molecular weight is 242 g/mol. The van der Waals surface area contributed by atoms with E-state index in [1.807, 2.05) is 4.72 Å². The average Bonchev–Trinajstić information content (AvgIpc) is 2.17. The van der Waals surface area contributed by atoms with Gasteiger partial charge in [-0.2, -0.15) is 0 Å². The van der Waals surface area contributed by atoms with Gasteiger partial charge in [0.05, 0.1) is 4.90 Å². The van der Waals surface area contributed by atoms with E-state index in [0.717, 1.165) is 0 Å². The van der Waals surface area contributed by atoms with Gasteiger partial charge in [0, 0.05) is 11.6 Å². The first-order chi connectivity index (χ1) is 7.33. The number of carbonyl (C=O) groups is 1. The largest absolute Gasteiger partial charge is 0.399 e. The summed E-state index contributed by atoms with van der Waals surface area (Å²) >= 11 is 0. The molecule has 0 atom stereocenters. The second kappa shape index (κ2) is 4.52. The lowest BCUT2D eigenvalue weighted by Gasteiger charge is -2.09. The quantitative estimate of drug-likeness (QED) is 0.765. The highest BCUT2D eigenvalue weighted by atomic mass is 32.2. The molecule has 0 unspecified atom stereocenters. The molecule has 0 radical (unpaired) electrons. The molecule has 0 fully saturated rings. The summed E-state index contributed by atoms with van der Waals surface area (Å²) in [6, 6.07) is 5.77. The van der Waals surface area contributed by atoms with Crippen molar-refractivity contribution in [3.63, 3.8) is 0 Å². The fourth-order valence-electron chi connectivity index (χ4n) is 0.991. The van der Waals surface area contributed by atoms with Crippen molar-refractivity contribution in [3.8, 4) is 0 Å². The highest BCUT2D eigenvalue weighted by Gasteiger charge is 2.19. The molecule has 1 aromatic carbocycles. The molecule has 0 saturated heterocycles. The molecule has 0 aliphatic rings. The number of carbonyl (C=O) groups excluding carboxylic acids is 1. The van der Waals surface area contributed by atoms with E-state index in [0.29, 0.717) is 5.69 Å². The summed E-state index contributed by atoms with van der Waals surface area (Å²) in [6.45, 7) is 3.23. The minimum Gasteiger partial charge on any atom is -0.399 e. The molecule has 0 heterocycles. The number of amides is 1. The predicted molar refractivity (Wildman–Crippen MR) is 61.0 cm³/mol. The molecule has 1 amide bonds. The zero-order valence-corrected chi connectivity index (χ0v) is 9.91. The monoisotopic (exact) mass is 242 g/mol. The first-order valence-electron chi connectivity index (χ1n) is 4.75. The summed E-state index contributed by atoms with van der Waals surface area (Å²) < 4.78 is 25.4. The maximum absolute atomic E-state index is 11.7. The fraction of sp³-hybridized carbons (Fsp3) is 0.300. The minimum absolute atomic E-state index is 0.0125. The van der Waals surface area contributed by atoms with Gasteiger partial charge >= 0.3 is 0 Å². The summed E-state index contributed by atoms with van der Waals surface area (Å²) in [5.74, 6) is -0.932. The molecule has 1 aromatic rings. The molecule has 6 heteroatoms. The number of sulfonamides is 1. The molecule has 88 valence electrons. The van der Waals surface area contributed by atoms with Crippen LogP contribution >= 0.6 is 0 Å². The van der Waals surface area contributed by atoms with Gasteiger partial charge in [-0.3, -0.25) is 4.79 Å². The van der Waals surface area contributed by atoms with E-state index in [1.54, 1.807) is 19.9 Å². The summed E-state index contributed by atoms with van der Waals surface area (Å²) in [5.41, 5.74) is 5.80. The minimum atomic E-state index is -3.81. The van der Waals surface area contributed by atoms with Gasteiger partial charge in [0.2, 0.25) is 5.91 Å². The first-order valence-corrected chi connectivity index (χ1v) is 6.23. The number of nitrogens with one attached hydrogen (secondary N) is 1. The summed E-state index contributed by atoms with van der Waals surface area (Å²) in [6.07, 6.45) is 0. The molecular weight excluding hydrogens is 228 g/mol. The van der Waals surface area contributed by atoms with Crippen LogP contribution in [0.25, 0.3) is 0 Å². The third-order valence-corrected chi connectivity index (χ3v) is 3.27. The Balaban J connectivity index is 2.99. The second-order valence-corrected chi connectivity index (χ2v) is 5.38. The second-order valence-electron chi connectivity index (χ2n) is 3.70. The Morgan fingerprint density at radius 3 is 2.50 bits per heavy atom. The lowest BCUT2D eigenvalue weighted by Crippen LogP contribution is -2.33. The Hall–Kier alpha value is -1.56. The predicted octanol–water partition coefficient (Wildman–Crippen LogP) is 0.730. The van der Waals surface area contributed by atoms with Crippen LogP contribution in [0.15, 0.2) is 29.2 Å². The van der Waals surface area contributed by atoms with Crippen LogP contribution in [-0.4, -0.2) is 14.3 Å². The molecule has 0 aliphatic heterocycles. The molecule has 0 aromatic heterocycles. The maximum atomic E-state index is 11.7. The van der Waals surface area contributed by atoms with Crippen molar-refractivity contribution in [2.24, 2.45) is 5.92 Å².